The van der Waals surface area contributed by atoms with E-state index in [1.165, 1.54) is 12.1 Å². The van der Waals surface area contributed by atoms with Crippen molar-refractivity contribution in [3.63, 3.8) is 0 Å². The van der Waals surface area contributed by atoms with E-state index in [9.17, 15) is 8.78 Å². The number of ether oxygens (including phenoxy) is 1. The lowest BCUT2D eigenvalue weighted by molar-refractivity contribution is 0.314. The third kappa shape index (κ3) is 3.21. The van der Waals surface area contributed by atoms with Crippen LogP contribution in [0.3, 0.4) is 0 Å². The van der Waals surface area contributed by atoms with Gasteiger partial charge in [-0.05, 0) is 57.5 Å². The first-order valence-electron chi connectivity index (χ1n) is 8.81. The Labute approximate surface area is 157 Å². The lowest BCUT2D eigenvalue weighted by Crippen LogP contribution is -2.27. The molecule has 0 aliphatic rings. The van der Waals surface area contributed by atoms with Gasteiger partial charge in [0.25, 0.3) is 0 Å². The summed E-state index contributed by atoms with van der Waals surface area (Å²) in [6, 6.07) is 10.3. The van der Waals surface area contributed by atoms with Gasteiger partial charge in [-0.3, -0.25) is 0 Å². The number of anilines is 2. The summed E-state index contributed by atoms with van der Waals surface area (Å²) in [6.45, 7) is 7.69. The normalized spacial score (nSPS) is 11.0. The molecule has 1 N–H and O–H groups in total. The Bertz CT molecular complexity index is 1030. The highest BCUT2D eigenvalue weighted by atomic mass is 19.2. The molecule has 0 unspecified atom stereocenters. The number of nitriles is 1. The molecule has 3 aromatic rings. The molecular formula is C21H21F2N3O. The number of fused-ring (bicyclic) bond motifs is 1. The van der Waals surface area contributed by atoms with Crippen LogP contribution in [0.15, 0.2) is 30.3 Å². The number of aromatic amines is 1. The first-order valence-corrected chi connectivity index (χ1v) is 8.81. The minimum absolute atomic E-state index is 0.102. The molecule has 0 bridgehead atoms. The highest BCUT2D eigenvalue weighted by Crippen LogP contribution is 2.38. The first kappa shape index (κ1) is 18.7. The van der Waals surface area contributed by atoms with Crippen LogP contribution in [0.2, 0.25) is 0 Å². The number of nitrogens with zero attached hydrogens (tertiary/aromatic N) is 2. The van der Waals surface area contributed by atoms with E-state index in [4.69, 9.17) is 10.00 Å². The maximum Gasteiger partial charge on any atom is 0.202 e. The molecule has 0 saturated carbocycles. The average Bonchev–Trinajstić information content (AvgIpc) is 2.96. The van der Waals surface area contributed by atoms with Crippen molar-refractivity contribution >= 4 is 22.4 Å². The van der Waals surface area contributed by atoms with E-state index >= 15 is 0 Å². The number of aromatic nitrogens is 1. The Hall–Kier alpha value is -3.07. The Morgan fingerprint density at radius 3 is 2.56 bits per heavy atom. The fourth-order valence-corrected chi connectivity index (χ4v) is 3.27. The molecule has 0 aliphatic carbocycles. The lowest BCUT2D eigenvalue weighted by Gasteiger charge is -2.29. The molecule has 0 spiro atoms. The fourth-order valence-electron chi connectivity index (χ4n) is 3.27. The highest BCUT2D eigenvalue weighted by Gasteiger charge is 2.25. The summed E-state index contributed by atoms with van der Waals surface area (Å²) in [5.74, 6) is -1.39. The monoisotopic (exact) mass is 369 g/mol. The van der Waals surface area contributed by atoms with Crippen molar-refractivity contribution in [2.45, 2.75) is 33.7 Å². The summed E-state index contributed by atoms with van der Waals surface area (Å²) in [7, 11) is 0. The zero-order chi connectivity index (χ0) is 19.7. The van der Waals surface area contributed by atoms with Crippen molar-refractivity contribution in [3.05, 3.63) is 53.1 Å². The second-order valence-corrected chi connectivity index (χ2v) is 6.58. The Morgan fingerprint density at radius 2 is 1.93 bits per heavy atom. The van der Waals surface area contributed by atoms with Gasteiger partial charge >= 0.3 is 0 Å². The van der Waals surface area contributed by atoms with Crippen LogP contribution in [0.5, 0.6) is 5.75 Å². The maximum atomic E-state index is 14.8. The average molecular weight is 369 g/mol. The van der Waals surface area contributed by atoms with Crippen molar-refractivity contribution in [2.24, 2.45) is 0 Å². The van der Waals surface area contributed by atoms with Crippen LogP contribution < -0.4 is 9.64 Å². The number of aryl methyl sites for hydroxylation is 1. The Balaban J connectivity index is 2.18. The molecule has 6 heteroatoms. The number of hydrogen-bond donors (Lipinski definition) is 1. The van der Waals surface area contributed by atoms with Gasteiger partial charge in [-0.2, -0.15) is 9.65 Å². The molecular weight excluding hydrogens is 348 g/mol. The van der Waals surface area contributed by atoms with Gasteiger partial charge in [0.1, 0.15) is 5.82 Å². The number of rotatable bonds is 5. The van der Waals surface area contributed by atoms with E-state index in [1.54, 1.807) is 24.0 Å². The highest BCUT2D eigenvalue weighted by molar-refractivity contribution is 5.91. The first-order chi connectivity index (χ1) is 12.9. The standard InChI is InChI=1S/C21H21F2N3O/c1-5-27-18-9-8-17(19(22)20(18)23)26(12(2)3)21-13(4)15-7-6-14(11-24)10-16(15)25-21/h6-10,12,25H,5H2,1-4H3. The van der Waals surface area contributed by atoms with Crippen LogP contribution in [-0.4, -0.2) is 17.6 Å². The van der Waals surface area contributed by atoms with Crippen LogP contribution in [-0.2, 0) is 0 Å². The number of benzene rings is 2. The number of nitrogens with one attached hydrogen (secondary N) is 1. The van der Waals surface area contributed by atoms with E-state index in [1.807, 2.05) is 26.8 Å². The summed E-state index contributed by atoms with van der Waals surface area (Å²) in [6.07, 6.45) is 0. The summed E-state index contributed by atoms with van der Waals surface area (Å²) < 4.78 is 34.4. The summed E-state index contributed by atoms with van der Waals surface area (Å²) in [5, 5.41) is 10.0. The van der Waals surface area contributed by atoms with Crippen LogP contribution >= 0.6 is 0 Å². The fraction of sp³-hybridized carbons (Fsp3) is 0.286. The minimum Gasteiger partial charge on any atom is -0.491 e. The van der Waals surface area contributed by atoms with Crippen molar-refractivity contribution in [1.29, 1.82) is 5.26 Å². The molecule has 0 fully saturated rings. The molecule has 2 aromatic carbocycles. The molecule has 27 heavy (non-hydrogen) atoms. The van der Waals surface area contributed by atoms with E-state index in [0.29, 0.717) is 11.4 Å². The smallest absolute Gasteiger partial charge is 0.202 e. The Morgan fingerprint density at radius 1 is 1.19 bits per heavy atom. The predicted molar refractivity (Wildman–Crippen MR) is 103 cm³/mol. The van der Waals surface area contributed by atoms with E-state index < -0.39 is 11.6 Å². The molecule has 3 rings (SSSR count). The van der Waals surface area contributed by atoms with Gasteiger partial charge in [-0.25, -0.2) is 4.39 Å². The zero-order valence-corrected chi connectivity index (χ0v) is 15.7. The number of halogens is 2. The van der Waals surface area contributed by atoms with E-state index in [0.717, 1.165) is 16.5 Å². The van der Waals surface area contributed by atoms with Gasteiger partial charge in [-0.15, -0.1) is 0 Å². The molecule has 0 amide bonds. The van der Waals surface area contributed by atoms with Gasteiger partial charge in [0.05, 0.1) is 23.9 Å². The third-order valence-corrected chi connectivity index (χ3v) is 4.50. The summed E-state index contributed by atoms with van der Waals surface area (Å²) >= 11 is 0. The zero-order valence-electron chi connectivity index (χ0n) is 15.7. The van der Waals surface area contributed by atoms with Crippen LogP contribution in [0, 0.1) is 29.9 Å². The number of hydrogen-bond acceptors (Lipinski definition) is 3. The quantitative estimate of drug-likeness (QED) is 0.639. The van der Waals surface area contributed by atoms with Crippen molar-refractivity contribution in [3.8, 4) is 11.8 Å². The third-order valence-electron chi connectivity index (χ3n) is 4.50. The minimum atomic E-state index is -1.000. The van der Waals surface area contributed by atoms with Gasteiger partial charge in [0.15, 0.2) is 11.6 Å². The van der Waals surface area contributed by atoms with Crippen molar-refractivity contribution in [2.75, 3.05) is 11.5 Å². The molecule has 4 nitrogen and oxygen atoms in total. The van der Waals surface area contributed by atoms with Crippen LogP contribution in [0.1, 0.15) is 31.9 Å². The molecule has 140 valence electrons. The van der Waals surface area contributed by atoms with Gasteiger partial charge in [0.2, 0.25) is 5.82 Å². The maximum absolute atomic E-state index is 14.8. The van der Waals surface area contributed by atoms with Crippen molar-refractivity contribution < 1.29 is 13.5 Å². The summed E-state index contributed by atoms with van der Waals surface area (Å²) in [5.41, 5.74) is 2.33. The van der Waals surface area contributed by atoms with E-state index in [-0.39, 0.29) is 24.1 Å². The van der Waals surface area contributed by atoms with Crippen LogP contribution in [0.25, 0.3) is 10.9 Å². The van der Waals surface area contributed by atoms with Gasteiger partial charge in [-0.1, -0.05) is 6.07 Å². The second-order valence-electron chi connectivity index (χ2n) is 6.58. The molecule has 1 heterocycles. The SMILES string of the molecule is CCOc1ccc(N(c2[nH]c3cc(C#N)ccc3c2C)C(C)C)c(F)c1F. The number of H-pyrrole nitrogens is 1. The van der Waals surface area contributed by atoms with Gasteiger partial charge in [0, 0.05) is 16.9 Å². The van der Waals surface area contributed by atoms with E-state index in [2.05, 4.69) is 11.1 Å². The largest absolute Gasteiger partial charge is 0.491 e. The topological polar surface area (TPSA) is 52.0 Å². The van der Waals surface area contributed by atoms with Crippen molar-refractivity contribution in [1.82, 2.24) is 4.98 Å². The molecule has 0 aliphatic heterocycles. The molecule has 1 aromatic heterocycles. The Kier molecular flexibility index (Phi) is 5.04. The predicted octanol–water partition coefficient (Wildman–Crippen LogP) is 5.57. The molecule has 0 atom stereocenters. The molecule has 0 radical (unpaired) electrons. The molecule has 0 saturated heterocycles. The second kappa shape index (κ2) is 7.28. The van der Waals surface area contributed by atoms with Crippen LogP contribution in [0.4, 0.5) is 20.3 Å². The van der Waals surface area contributed by atoms with Gasteiger partial charge < -0.3 is 14.6 Å². The lowest BCUT2D eigenvalue weighted by atomic mass is 10.1. The summed E-state index contributed by atoms with van der Waals surface area (Å²) in [4.78, 5) is 4.98.